The van der Waals surface area contributed by atoms with Gasteiger partial charge in [-0.05, 0) is 173 Å². The van der Waals surface area contributed by atoms with E-state index in [9.17, 15) is 57.8 Å². The van der Waals surface area contributed by atoms with Gasteiger partial charge in [0.1, 0.15) is 28.5 Å². The summed E-state index contributed by atoms with van der Waals surface area (Å²) in [6, 6.07) is 54.5. The first-order chi connectivity index (χ1) is 68.7. The number of carbonyl (C=O) groups is 6. The van der Waals surface area contributed by atoms with Crippen LogP contribution >= 0.6 is 58.6 Å². The molecule has 1 unspecified atom stereocenters. The number of imide groups is 1. The Bertz CT molecular complexity index is 6080. The Balaban J connectivity index is 0.000000203. The third kappa shape index (κ3) is 36.3. The van der Waals surface area contributed by atoms with Gasteiger partial charge in [-0.25, -0.2) is 32.8 Å². The van der Waals surface area contributed by atoms with Gasteiger partial charge in [-0.3, -0.25) is 30.3 Å². The monoisotopic (exact) mass is 2190 g/mol. The number of para-hydroxylation sites is 2. The maximum Gasteiger partial charge on any atom is 0.412 e. The minimum absolute atomic E-state index is 0. The molecule has 771 valence electrons. The zero-order chi connectivity index (χ0) is 105. The number of hydrogen-bond donors (Lipinski definition) is 6. The van der Waals surface area contributed by atoms with Crippen LogP contribution in [0.5, 0.6) is 40.2 Å². The van der Waals surface area contributed by atoms with Crippen LogP contribution in [-0.2, 0) is 11.2 Å². The van der Waals surface area contributed by atoms with Crippen molar-refractivity contribution < 1.29 is 86.0 Å². The number of nitro benzene ring substituents is 2. The summed E-state index contributed by atoms with van der Waals surface area (Å²) in [7, 11) is 8.36. The molecule has 39 heteroatoms. The van der Waals surface area contributed by atoms with Crippen LogP contribution in [0.4, 0.5) is 50.7 Å². The molecule has 1 radical (unpaired) electrons. The number of carbonyl (C=O) groups excluding carboxylic acids is 6. The fraction of sp³-hybridized carbons (Fsp3) is 0.349. The molecule has 0 bridgehead atoms. The SMILES string of the molecule is C1CC[CH]([Sn]([CH]2CCCCC2)[CH]2CCCCC2)CC1.CCC(C)c1cc([N+](=O)[O-])cc([N+](=O)[O-])c1OC(=O)C=C(C)C.CNC(=O)Oc1cccc2c1OC(C)(C)C2.CNC(=O)Oc1cccc2c1OC(C)(C)O2.CNC(=O)Oc1cccc2ccccc12.Cc1cc(Cl)ccc1NC(=S)N(C)C.Clc1ccccc1-c1nnc(-c2ccccc2Cl)nn1.O.O=C(NC(=O)c1c(F)cccc1F)Nc1ccc(Cl)cc1. The van der Waals surface area contributed by atoms with Crippen molar-refractivity contribution in [3.63, 3.8) is 0 Å². The third-order valence-corrected chi connectivity index (χ3v) is 37.8. The van der Waals surface area contributed by atoms with E-state index in [2.05, 4.69) is 47.0 Å². The van der Waals surface area contributed by atoms with Gasteiger partial charge in [-0.15, -0.1) is 20.4 Å². The molecule has 11 aromatic rings. The number of non-ortho nitro benzene ring substituents is 1. The number of nitro groups is 2. The second-order valence-corrected chi connectivity index (χ2v) is 47.4. The van der Waals surface area contributed by atoms with E-state index in [4.69, 9.17) is 91.8 Å². The smallest absolute Gasteiger partial charge is 0.412 e. The molecule has 8 N–H and O–H groups in total. The topological polar surface area (TPSA) is 412 Å². The van der Waals surface area contributed by atoms with Gasteiger partial charge in [0.05, 0.1) is 26.0 Å². The van der Waals surface area contributed by atoms with E-state index in [1.165, 1.54) is 69.4 Å². The van der Waals surface area contributed by atoms with Crippen LogP contribution in [0.3, 0.4) is 0 Å². The van der Waals surface area contributed by atoms with Crippen LogP contribution in [0, 0.1) is 38.8 Å². The molecule has 16 rings (SSSR count). The molecule has 5 aliphatic rings. The van der Waals surface area contributed by atoms with Crippen LogP contribution in [0.25, 0.3) is 33.5 Å². The van der Waals surface area contributed by atoms with E-state index in [-0.39, 0.29) is 28.3 Å². The maximum atomic E-state index is 13.4. The minimum atomic E-state index is -1.17. The van der Waals surface area contributed by atoms with E-state index in [1.807, 2.05) is 155 Å². The van der Waals surface area contributed by atoms with Crippen LogP contribution in [0.2, 0.25) is 31.9 Å². The summed E-state index contributed by atoms with van der Waals surface area (Å²) in [5.74, 6) is -1.37. The number of halogens is 6. The molecule has 10 aromatic carbocycles. The minimum Gasteiger partial charge on any atom is -0.483 e. The van der Waals surface area contributed by atoms with Crippen molar-refractivity contribution in [3.8, 4) is 63.0 Å². The summed E-state index contributed by atoms with van der Waals surface area (Å²) in [6.07, 6.45) is 25.4. The summed E-state index contributed by atoms with van der Waals surface area (Å²) in [5, 5.41) is 58.0. The number of allylic oxidation sites excluding steroid dienone is 1. The Morgan fingerprint density at radius 2 is 1.03 bits per heavy atom. The van der Waals surface area contributed by atoms with E-state index < -0.39 is 100 Å². The average molecular weight is 2200 g/mol. The third-order valence-electron chi connectivity index (χ3n) is 23.2. The Morgan fingerprint density at radius 3 is 1.52 bits per heavy atom. The number of fused-ring (bicyclic) bond motifs is 3. The number of nitrogens with zero attached hydrogens (tertiary/aromatic N) is 7. The van der Waals surface area contributed by atoms with Crippen molar-refractivity contribution in [2.24, 2.45) is 0 Å². The van der Waals surface area contributed by atoms with Gasteiger partial charge in [0.25, 0.3) is 11.6 Å². The molecule has 3 fully saturated rings. The molecular formula is C106H122Cl4F2N13O18SSn. The number of rotatable bonds is 17. The van der Waals surface area contributed by atoms with Crippen LogP contribution in [0.15, 0.2) is 212 Å². The van der Waals surface area contributed by atoms with Crippen molar-refractivity contribution in [3.05, 3.63) is 286 Å². The number of hydrogen-bond acceptors (Lipinski definition) is 22. The van der Waals surface area contributed by atoms with Gasteiger partial charge in [0.15, 0.2) is 28.1 Å². The van der Waals surface area contributed by atoms with Gasteiger partial charge in [-0.2, -0.15) is 0 Å². The van der Waals surface area contributed by atoms with Gasteiger partial charge in [0, 0.05) is 117 Å². The van der Waals surface area contributed by atoms with E-state index in [0.717, 1.165) is 63.3 Å². The summed E-state index contributed by atoms with van der Waals surface area (Å²) in [4.78, 5) is 91.0. The molecule has 31 nitrogen and oxygen atoms in total. The number of urea groups is 1. The molecule has 3 aliphatic carbocycles. The molecule has 6 amide bonds. The number of amides is 6. The molecule has 0 saturated heterocycles. The zero-order valence-electron chi connectivity index (χ0n) is 83.2. The van der Waals surface area contributed by atoms with Gasteiger partial charge < -0.3 is 70.1 Å². The Labute approximate surface area is 875 Å². The Morgan fingerprint density at radius 1 is 0.566 bits per heavy atom. The molecule has 1 aromatic heterocycles. The number of aromatic nitrogens is 4. The van der Waals surface area contributed by atoms with Gasteiger partial charge >= 0.3 is 164 Å². The molecule has 0 spiro atoms. The Hall–Kier alpha value is -13.0. The number of esters is 1. The van der Waals surface area contributed by atoms with Crippen molar-refractivity contribution >= 4 is 153 Å². The van der Waals surface area contributed by atoms with Crippen molar-refractivity contribution in [2.75, 3.05) is 45.9 Å². The van der Waals surface area contributed by atoms with E-state index >= 15 is 0 Å². The number of thiocarbonyl (C=S) groups is 1. The average Bonchev–Trinajstić information content (AvgIpc) is 1.78. The summed E-state index contributed by atoms with van der Waals surface area (Å²) >= 11 is 27.7. The van der Waals surface area contributed by atoms with E-state index in [0.29, 0.717) is 95.1 Å². The molecular weight excluding hydrogens is 2070 g/mol. The van der Waals surface area contributed by atoms with Crippen molar-refractivity contribution in [2.45, 2.75) is 201 Å². The van der Waals surface area contributed by atoms with Crippen molar-refractivity contribution in [1.29, 1.82) is 0 Å². The standard InChI is InChI=1S/C15H18N2O6.C14H8Cl2N4.C14H9ClF2N2O2.C12H15NO3.C12H11NO2.C11H13NO4.C10H13ClN2S.3C6H11.H2O.Sn/c1-5-10(4)12-7-11(16(19)20)8-13(17(21)22)15(12)23-14(18)6-9(2)3;15-11-7-3-1-5-9(11)13-17-19-14(20-18-13)10-6-2-4-8-12(10)16;15-8-4-6-9(7-5-8)18-14(21)19-13(20)12-10(16)2-1-3-11(12)17;1-12(2)7-8-5-4-6-9(10(8)16-12)15-11(14)13-3;1-13-12(14)15-11-8-4-6-9-5-2-3-7-10(9)11;1-11(2)15-8-6-4-5-7(9(8)16-11)14-10(13)12-3;1-7-6-8(11)4-5-9(7)12-10(14)13(2)3;3*1-2-4-6-5-3-1;;/h6-8,10H,5H2,1-4H3;1-8H;1-7H,(H2,18,19,20,21);4-6H,7H2,1-3H3,(H,13,14);2-8H,1H3,(H,13,14);4-6H,1-3H3,(H,12,13);4-6H,1-3H3,(H,12,14);3*1H,2-6H2;1H2;. The molecule has 3 saturated carbocycles. The number of ether oxygens (including phenoxy) is 7. The van der Waals surface area contributed by atoms with E-state index in [1.54, 1.807) is 173 Å². The normalized spacial score (nSPS) is 14.0. The first-order valence-electron chi connectivity index (χ1n) is 47.0. The number of nitrogens with one attached hydrogen (secondary N) is 6. The first kappa shape index (κ1) is 117. The predicted molar refractivity (Wildman–Crippen MR) is 568 cm³/mol. The number of anilines is 2. The molecule has 145 heavy (non-hydrogen) atoms. The second kappa shape index (κ2) is 57.7. The van der Waals surface area contributed by atoms with Gasteiger partial charge in [0.2, 0.25) is 28.9 Å². The zero-order valence-corrected chi connectivity index (χ0v) is 89.9. The molecule has 2 aliphatic heterocycles. The molecule has 1 atom stereocenters. The quantitative estimate of drug-likeness (QED) is 0.00938. The van der Waals surface area contributed by atoms with Crippen LogP contribution in [-0.4, -0.2) is 148 Å². The first-order valence-corrected chi connectivity index (χ1v) is 53.9. The summed E-state index contributed by atoms with van der Waals surface area (Å²) in [5.41, 5.74) is 3.81. The largest absolute Gasteiger partial charge is 0.483 e. The molecule has 3 heterocycles. The number of aryl methyl sites for hydroxylation is 1. The fourth-order valence-electron chi connectivity index (χ4n) is 16.2. The second-order valence-electron chi connectivity index (χ2n) is 35.5. The van der Waals surface area contributed by atoms with Crippen LogP contribution < -0.4 is 65.1 Å². The summed E-state index contributed by atoms with van der Waals surface area (Å²) < 4.78 is 68.0. The maximum absolute atomic E-state index is 13.4. The number of benzene rings is 10. The van der Waals surface area contributed by atoms with Crippen molar-refractivity contribution in [1.82, 2.24) is 46.6 Å². The van der Waals surface area contributed by atoms with Crippen LogP contribution in [0.1, 0.15) is 191 Å². The fourth-order valence-corrected chi connectivity index (χ4v) is 32.0. The summed E-state index contributed by atoms with van der Waals surface area (Å²) in [6.45, 7) is 16.5. The van der Waals surface area contributed by atoms with Gasteiger partial charge in [-0.1, -0.05) is 151 Å². The Kier molecular flexibility index (Phi) is 46.6. The predicted octanol–water partition coefficient (Wildman–Crippen LogP) is 26.5.